The highest BCUT2D eigenvalue weighted by molar-refractivity contribution is 5.85. The molecule has 0 bridgehead atoms. The van der Waals surface area contributed by atoms with Crippen molar-refractivity contribution >= 4 is 12.4 Å². The van der Waals surface area contributed by atoms with Crippen LogP contribution in [-0.2, 0) is 6.54 Å². The Labute approximate surface area is 149 Å². The highest BCUT2D eigenvalue weighted by atomic mass is 35.5. The first kappa shape index (κ1) is 17.3. The van der Waals surface area contributed by atoms with Gasteiger partial charge in [0.25, 0.3) is 0 Å². The molecule has 0 unspecified atom stereocenters. The second kappa shape index (κ2) is 7.59. The molecule has 1 aromatic heterocycles. The number of hydrogen-bond acceptors (Lipinski definition) is 5. The molecule has 1 saturated heterocycles. The Bertz CT molecular complexity index is 629. The summed E-state index contributed by atoms with van der Waals surface area (Å²) in [6.45, 7) is 4.04. The topological polar surface area (TPSA) is 58.9 Å². The van der Waals surface area contributed by atoms with Crippen molar-refractivity contribution < 1.29 is 0 Å². The summed E-state index contributed by atoms with van der Waals surface area (Å²) in [6.07, 6.45) is 6.61. The van der Waals surface area contributed by atoms with Gasteiger partial charge < -0.3 is 5.32 Å². The molecule has 0 atom stereocenters. The maximum atomic E-state index is 4.30. The SMILES string of the molecule is Cl.c1ccc(-n2nnnc2CN2CCNCC23CCCCC3)cc1. The van der Waals surface area contributed by atoms with E-state index in [2.05, 4.69) is 25.7 Å². The average Bonchev–Trinajstić information content (AvgIpc) is 3.07. The molecule has 1 aliphatic heterocycles. The fourth-order valence-corrected chi connectivity index (χ4v) is 4.08. The summed E-state index contributed by atoms with van der Waals surface area (Å²) < 4.78 is 1.87. The van der Waals surface area contributed by atoms with Crippen LogP contribution in [0.4, 0.5) is 0 Å². The molecule has 2 heterocycles. The third kappa shape index (κ3) is 3.31. The molecular weight excluding hydrogens is 324 g/mol. The molecule has 1 spiro atoms. The van der Waals surface area contributed by atoms with Crippen molar-refractivity contribution in [1.82, 2.24) is 30.4 Å². The number of para-hydroxylation sites is 1. The lowest BCUT2D eigenvalue weighted by molar-refractivity contribution is 0.0184. The molecule has 24 heavy (non-hydrogen) atoms. The lowest BCUT2D eigenvalue weighted by Gasteiger charge is -2.49. The summed E-state index contributed by atoms with van der Waals surface area (Å²) in [5.41, 5.74) is 1.32. The van der Waals surface area contributed by atoms with Crippen LogP contribution in [0.2, 0.25) is 0 Å². The summed E-state index contributed by atoms with van der Waals surface area (Å²) in [6, 6.07) is 10.2. The molecular formula is C17H25ClN6. The van der Waals surface area contributed by atoms with E-state index in [4.69, 9.17) is 0 Å². The van der Waals surface area contributed by atoms with Gasteiger partial charge in [-0.05, 0) is 35.4 Å². The highest BCUT2D eigenvalue weighted by Gasteiger charge is 2.40. The normalized spacial score (nSPS) is 20.7. The molecule has 4 rings (SSSR count). The van der Waals surface area contributed by atoms with Gasteiger partial charge >= 0.3 is 0 Å². The van der Waals surface area contributed by atoms with E-state index >= 15 is 0 Å². The van der Waals surface area contributed by atoms with E-state index in [0.29, 0.717) is 5.54 Å². The molecule has 0 amide bonds. The van der Waals surface area contributed by atoms with Crippen LogP contribution in [-0.4, -0.2) is 50.3 Å². The number of halogens is 1. The second-order valence-corrected chi connectivity index (χ2v) is 6.73. The van der Waals surface area contributed by atoms with Crippen LogP contribution in [0.3, 0.4) is 0 Å². The zero-order chi connectivity index (χ0) is 15.5. The van der Waals surface area contributed by atoms with Crippen molar-refractivity contribution in [2.24, 2.45) is 0 Å². The van der Waals surface area contributed by atoms with E-state index < -0.39 is 0 Å². The summed E-state index contributed by atoms with van der Waals surface area (Å²) in [5.74, 6) is 0.933. The zero-order valence-corrected chi connectivity index (χ0v) is 14.7. The molecule has 1 N–H and O–H groups in total. The maximum Gasteiger partial charge on any atom is 0.170 e. The van der Waals surface area contributed by atoms with E-state index in [0.717, 1.165) is 37.7 Å². The monoisotopic (exact) mass is 348 g/mol. The van der Waals surface area contributed by atoms with E-state index in [-0.39, 0.29) is 12.4 Å². The third-order valence-corrected chi connectivity index (χ3v) is 5.33. The highest BCUT2D eigenvalue weighted by Crippen LogP contribution is 2.35. The van der Waals surface area contributed by atoms with E-state index in [1.807, 2.05) is 35.0 Å². The predicted octanol–water partition coefficient (Wildman–Crippen LogP) is 2.19. The van der Waals surface area contributed by atoms with E-state index in [1.54, 1.807) is 0 Å². The van der Waals surface area contributed by atoms with Crippen LogP contribution in [0, 0.1) is 0 Å². The number of hydrogen-bond donors (Lipinski definition) is 1. The summed E-state index contributed by atoms with van der Waals surface area (Å²) >= 11 is 0. The Hall–Kier alpha value is -1.50. The number of rotatable bonds is 3. The number of piperazine rings is 1. The zero-order valence-electron chi connectivity index (χ0n) is 13.9. The minimum absolute atomic E-state index is 0. The third-order valence-electron chi connectivity index (χ3n) is 5.33. The van der Waals surface area contributed by atoms with Gasteiger partial charge in [-0.2, -0.15) is 4.68 Å². The number of nitrogens with zero attached hydrogens (tertiary/aromatic N) is 5. The van der Waals surface area contributed by atoms with Gasteiger partial charge in [0.05, 0.1) is 12.2 Å². The number of tetrazole rings is 1. The Balaban J connectivity index is 0.00000169. The number of aromatic nitrogens is 4. The first-order chi connectivity index (χ1) is 11.4. The van der Waals surface area contributed by atoms with Crippen LogP contribution < -0.4 is 5.32 Å². The van der Waals surface area contributed by atoms with Crippen molar-refractivity contribution in [3.63, 3.8) is 0 Å². The quantitative estimate of drug-likeness (QED) is 0.921. The molecule has 7 heteroatoms. The van der Waals surface area contributed by atoms with Crippen molar-refractivity contribution in [2.45, 2.75) is 44.2 Å². The van der Waals surface area contributed by atoms with Crippen LogP contribution >= 0.6 is 12.4 Å². The largest absolute Gasteiger partial charge is 0.314 e. The maximum absolute atomic E-state index is 4.30. The predicted molar refractivity (Wildman–Crippen MR) is 95.5 cm³/mol. The van der Waals surface area contributed by atoms with Crippen molar-refractivity contribution in [3.05, 3.63) is 36.2 Å². The molecule has 1 aliphatic carbocycles. The lowest BCUT2D eigenvalue weighted by atomic mass is 9.79. The molecule has 1 aromatic carbocycles. The number of nitrogens with one attached hydrogen (secondary N) is 1. The van der Waals surface area contributed by atoms with Crippen molar-refractivity contribution in [2.75, 3.05) is 19.6 Å². The van der Waals surface area contributed by atoms with Gasteiger partial charge in [-0.3, -0.25) is 4.90 Å². The Morgan fingerprint density at radius 3 is 2.67 bits per heavy atom. The fraction of sp³-hybridized carbons (Fsp3) is 0.588. The van der Waals surface area contributed by atoms with Gasteiger partial charge in [0.15, 0.2) is 5.82 Å². The molecule has 0 radical (unpaired) electrons. The molecule has 1 saturated carbocycles. The van der Waals surface area contributed by atoms with Crippen molar-refractivity contribution in [1.29, 1.82) is 0 Å². The van der Waals surface area contributed by atoms with Crippen LogP contribution in [0.25, 0.3) is 5.69 Å². The summed E-state index contributed by atoms with van der Waals surface area (Å²) in [5, 5.41) is 16.0. The first-order valence-electron chi connectivity index (χ1n) is 8.66. The molecule has 130 valence electrons. The van der Waals surface area contributed by atoms with Crippen molar-refractivity contribution in [3.8, 4) is 5.69 Å². The lowest BCUT2D eigenvalue weighted by Crippen LogP contribution is -2.61. The summed E-state index contributed by atoms with van der Waals surface area (Å²) in [7, 11) is 0. The van der Waals surface area contributed by atoms with E-state index in [9.17, 15) is 0 Å². The van der Waals surface area contributed by atoms with Gasteiger partial charge in [-0.25, -0.2) is 0 Å². The molecule has 2 aliphatic rings. The molecule has 2 aromatic rings. The van der Waals surface area contributed by atoms with Gasteiger partial charge in [-0.15, -0.1) is 17.5 Å². The Morgan fingerprint density at radius 1 is 1.08 bits per heavy atom. The molecule has 2 fully saturated rings. The van der Waals surface area contributed by atoms with Gasteiger partial charge in [0, 0.05) is 25.2 Å². The minimum atomic E-state index is 0. The van der Waals surface area contributed by atoms with E-state index in [1.165, 1.54) is 32.1 Å². The fourth-order valence-electron chi connectivity index (χ4n) is 4.08. The first-order valence-corrected chi connectivity index (χ1v) is 8.66. The average molecular weight is 349 g/mol. The van der Waals surface area contributed by atoms with Crippen LogP contribution in [0.5, 0.6) is 0 Å². The van der Waals surface area contributed by atoms with Gasteiger partial charge in [0.2, 0.25) is 0 Å². The molecule has 6 nitrogen and oxygen atoms in total. The van der Waals surface area contributed by atoms with Crippen LogP contribution in [0.15, 0.2) is 30.3 Å². The standard InChI is InChI=1S/C17H24N6.ClH/c1-3-7-15(8-4-1)23-16(19-20-21-23)13-22-12-11-18-14-17(22)9-5-2-6-10-17;/h1,3-4,7-8,18H,2,5-6,9-14H2;1H. The second-order valence-electron chi connectivity index (χ2n) is 6.73. The summed E-state index contributed by atoms with van der Waals surface area (Å²) in [4.78, 5) is 2.62. The van der Waals surface area contributed by atoms with Crippen LogP contribution in [0.1, 0.15) is 37.9 Å². The smallest absolute Gasteiger partial charge is 0.170 e. The Morgan fingerprint density at radius 2 is 1.88 bits per heavy atom. The number of benzene rings is 1. The minimum Gasteiger partial charge on any atom is -0.314 e. The van der Waals surface area contributed by atoms with Gasteiger partial charge in [0.1, 0.15) is 0 Å². The van der Waals surface area contributed by atoms with Gasteiger partial charge in [-0.1, -0.05) is 37.5 Å². The Kier molecular flexibility index (Phi) is 5.48.